The van der Waals surface area contributed by atoms with E-state index in [9.17, 15) is 0 Å². The van der Waals surface area contributed by atoms with Gasteiger partial charge in [-0.05, 0) is 33.1 Å². The molecule has 0 radical (unpaired) electrons. The largest absolute Gasteiger partial charge is 0.376 e. The molecular weight excluding hydrogens is 220 g/mol. The number of ether oxygens (including phenoxy) is 1. The number of amidine groups is 1. The van der Waals surface area contributed by atoms with Crippen LogP contribution in [0.2, 0.25) is 0 Å². The van der Waals surface area contributed by atoms with Gasteiger partial charge in [0.1, 0.15) is 0 Å². The standard InChI is InChI=1S/C12H22N2OS/c1-4-12(3)8-16-11(14-12)13-9(2)10-6-5-7-15-10/h9-10H,4-8H2,1-3H3,(H,13,14). The quantitative estimate of drug-likeness (QED) is 0.825. The SMILES string of the molecule is CCC1(C)CSC(=NC(C)C2CCCO2)N1. The lowest BCUT2D eigenvalue weighted by molar-refractivity contribution is 0.0953. The molecular formula is C12H22N2OS. The zero-order chi connectivity index (χ0) is 11.6. The van der Waals surface area contributed by atoms with Gasteiger partial charge in [-0.2, -0.15) is 0 Å². The van der Waals surface area contributed by atoms with Crippen LogP contribution in [0.15, 0.2) is 4.99 Å². The van der Waals surface area contributed by atoms with E-state index in [2.05, 4.69) is 26.1 Å². The second-order valence-corrected chi connectivity index (χ2v) is 6.02. The summed E-state index contributed by atoms with van der Waals surface area (Å²) in [6.07, 6.45) is 3.83. The van der Waals surface area contributed by atoms with Crippen molar-refractivity contribution in [2.45, 2.75) is 57.7 Å². The first-order chi connectivity index (χ1) is 7.63. The van der Waals surface area contributed by atoms with Gasteiger partial charge in [-0.1, -0.05) is 18.7 Å². The molecule has 3 unspecified atom stereocenters. The van der Waals surface area contributed by atoms with E-state index in [1.165, 1.54) is 6.42 Å². The first kappa shape index (κ1) is 12.2. The molecule has 2 aliphatic rings. The van der Waals surface area contributed by atoms with Crippen molar-refractivity contribution in [1.82, 2.24) is 5.32 Å². The van der Waals surface area contributed by atoms with Crippen molar-refractivity contribution in [3.63, 3.8) is 0 Å². The third-order valence-corrected chi connectivity index (χ3v) is 4.80. The van der Waals surface area contributed by atoms with Crippen LogP contribution in [0.5, 0.6) is 0 Å². The summed E-state index contributed by atoms with van der Waals surface area (Å²) in [5.74, 6) is 1.13. The zero-order valence-electron chi connectivity index (χ0n) is 10.5. The molecule has 92 valence electrons. The predicted octanol–water partition coefficient (Wildman–Crippen LogP) is 2.42. The maximum absolute atomic E-state index is 5.66. The molecule has 2 aliphatic heterocycles. The van der Waals surface area contributed by atoms with Crippen LogP contribution >= 0.6 is 11.8 Å². The van der Waals surface area contributed by atoms with Gasteiger partial charge in [-0.3, -0.25) is 4.99 Å². The molecule has 0 spiro atoms. The van der Waals surface area contributed by atoms with Crippen molar-refractivity contribution in [1.29, 1.82) is 0 Å². The van der Waals surface area contributed by atoms with Gasteiger partial charge in [0.05, 0.1) is 12.1 Å². The van der Waals surface area contributed by atoms with Crippen molar-refractivity contribution in [2.24, 2.45) is 4.99 Å². The Morgan fingerprint density at radius 3 is 3.06 bits per heavy atom. The Morgan fingerprint density at radius 2 is 2.50 bits per heavy atom. The summed E-state index contributed by atoms with van der Waals surface area (Å²) in [5, 5.41) is 4.63. The van der Waals surface area contributed by atoms with Crippen LogP contribution in [0.4, 0.5) is 0 Å². The number of thioether (sulfide) groups is 1. The van der Waals surface area contributed by atoms with Crippen molar-refractivity contribution in [3.8, 4) is 0 Å². The summed E-state index contributed by atoms with van der Waals surface area (Å²) in [6, 6.07) is 0.289. The number of nitrogens with one attached hydrogen (secondary N) is 1. The highest BCUT2D eigenvalue weighted by atomic mass is 32.2. The van der Waals surface area contributed by atoms with Crippen LogP contribution in [0, 0.1) is 0 Å². The van der Waals surface area contributed by atoms with E-state index < -0.39 is 0 Å². The summed E-state index contributed by atoms with van der Waals surface area (Å²) >= 11 is 1.84. The van der Waals surface area contributed by atoms with E-state index in [1.807, 2.05) is 11.8 Å². The lowest BCUT2D eigenvalue weighted by atomic mass is 10.0. The number of nitrogens with zero attached hydrogens (tertiary/aromatic N) is 1. The van der Waals surface area contributed by atoms with E-state index >= 15 is 0 Å². The Hall–Kier alpha value is -0.220. The van der Waals surface area contributed by atoms with E-state index in [-0.39, 0.29) is 11.6 Å². The van der Waals surface area contributed by atoms with E-state index in [0.29, 0.717) is 6.10 Å². The zero-order valence-corrected chi connectivity index (χ0v) is 11.3. The third-order valence-electron chi connectivity index (χ3n) is 3.54. The molecule has 0 aromatic heterocycles. The van der Waals surface area contributed by atoms with Gasteiger partial charge in [0, 0.05) is 17.9 Å². The Labute approximate surface area is 102 Å². The fourth-order valence-corrected chi connectivity index (χ4v) is 3.36. The molecule has 3 nitrogen and oxygen atoms in total. The van der Waals surface area contributed by atoms with Gasteiger partial charge in [-0.25, -0.2) is 0 Å². The summed E-state index contributed by atoms with van der Waals surface area (Å²) in [4.78, 5) is 4.74. The second-order valence-electron chi connectivity index (χ2n) is 5.05. The molecule has 0 aromatic carbocycles. The van der Waals surface area contributed by atoms with Gasteiger partial charge >= 0.3 is 0 Å². The van der Waals surface area contributed by atoms with Crippen molar-refractivity contribution in [2.75, 3.05) is 12.4 Å². The Kier molecular flexibility index (Phi) is 3.80. The molecule has 0 aliphatic carbocycles. The van der Waals surface area contributed by atoms with Crippen LogP contribution in [0.3, 0.4) is 0 Å². The Morgan fingerprint density at radius 1 is 1.69 bits per heavy atom. The van der Waals surface area contributed by atoms with Crippen LogP contribution in [-0.2, 0) is 4.74 Å². The fourth-order valence-electron chi connectivity index (χ4n) is 2.07. The molecule has 2 fully saturated rings. The summed E-state index contributed by atoms with van der Waals surface area (Å²) in [7, 11) is 0. The minimum atomic E-state index is 0.236. The minimum absolute atomic E-state index is 0.236. The van der Waals surface area contributed by atoms with Gasteiger partial charge in [-0.15, -0.1) is 0 Å². The van der Waals surface area contributed by atoms with E-state index in [1.54, 1.807) is 0 Å². The molecule has 1 N–H and O–H groups in total. The Balaban J connectivity index is 1.92. The van der Waals surface area contributed by atoms with Crippen LogP contribution in [0.1, 0.15) is 40.0 Å². The number of rotatable bonds is 3. The molecule has 2 heterocycles. The fraction of sp³-hybridized carbons (Fsp3) is 0.917. The number of aliphatic imine (C=N–C) groups is 1. The maximum atomic E-state index is 5.66. The molecule has 0 amide bonds. The van der Waals surface area contributed by atoms with Crippen LogP contribution in [0.25, 0.3) is 0 Å². The lowest BCUT2D eigenvalue weighted by Crippen LogP contribution is -2.40. The normalized spacial score (nSPS) is 38.9. The first-order valence-electron chi connectivity index (χ1n) is 6.23. The molecule has 0 aromatic rings. The molecule has 0 bridgehead atoms. The highest BCUT2D eigenvalue weighted by molar-refractivity contribution is 8.14. The molecule has 2 saturated heterocycles. The summed E-state index contributed by atoms with van der Waals surface area (Å²) in [6.45, 7) is 7.55. The topological polar surface area (TPSA) is 33.6 Å². The van der Waals surface area contributed by atoms with Gasteiger partial charge in [0.25, 0.3) is 0 Å². The minimum Gasteiger partial charge on any atom is -0.376 e. The molecule has 3 atom stereocenters. The average Bonchev–Trinajstić information content (AvgIpc) is 2.88. The number of hydrogen-bond donors (Lipinski definition) is 1. The smallest absolute Gasteiger partial charge is 0.157 e. The van der Waals surface area contributed by atoms with Crippen LogP contribution in [-0.4, -0.2) is 35.2 Å². The molecule has 16 heavy (non-hydrogen) atoms. The predicted molar refractivity (Wildman–Crippen MR) is 70.2 cm³/mol. The first-order valence-corrected chi connectivity index (χ1v) is 7.22. The van der Waals surface area contributed by atoms with Gasteiger partial charge in [0.2, 0.25) is 0 Å². The van der Waals surface area contributed by atoms with Crippen molar-refractivity contribution in [3.05, 3.63) is 0 Å². The van der Waals surface area contributed by atoms with E-state index in [4.69, 9.17) is 9.73 Å². The van der Waals surface area contributed by atoms with Crippen molar-refractivity contribution < 1.29 is 4.74 Å². The molecule has 0 saturated carbocycles. The van der Waals surface area contributed by atoms with Crippen LogP contribution < -0.4 is 5.32 Å². The van der Waals surface area contributed by atoms with Gasteiger partial charge in [0.15, 0.2) is 5.17 Å². The lowest BCUT2D eigenvalue weighted by Gasteiger charge is -2.21. The monoisotopic (exact) mass is 242 g/mol. The average molecular weight is 242 g/mol. The Bertz CT molecular complexity index is 276. The highest BCUT2D eigenvalue weighted by Gasteiger charge is 2.31. The highest BCUT2D eigenvalue weighted by Crippen LogP contribution is 2.27. The molecule has 2 rings (SSSR count). The van der Waals surface area contributed by atoms with E-state index in [0.717, 1.165) is 30.4 Å². The van der Waals surface area contributed by atoms with Gasteiger partial charge < -0.3 is 10.1 Å². The maximum Gasteiger partial charge on any atom is 0.157 e. The second kappa shape index (κ2) is 4.96. The molecule has 4 heteroatoms. The van der Waals surface area contributed by atoms with Crippen molar-refractivity contribution >= 4 is 16.9 Å². The summed E-state index contributed by atoms with van der Waals surface area (Å²) < 4.78 is 5.66. The summed E-state index contributed by atoms with van der Waals surface area (Å²) in [5.41, 5.74) is 0.236. The number of hydrogen-bond acceptors (Lipinski definition) is 3. The third kappa shape index (κ3) is 2.72.